The molecule has 0 aliphatic rings. The number of benzene rings is 1. The number of hydrogen-bond donors (Lipinski definition) is 1. The number of nitrogens with zero attached hydrogens (tertiary/aromatic N) is 2. The highest BCUT2D eigenvalue weighted by atomic mass is 35.5. The van der Waals surface area contributed by atoms with Crippen molar-refractivity contribution in [2.45, 2.75) is 12.8 Å². The minimum Gasteiger partial charge on any atom is -0.421 e. The Morgan fingerprint density at radius 3 is 2.88 bits per heavy atom. The van der Waals surface area contributed by atoms with E-state index in [-0.39, 0.29) is 5.02 Å². The van der Waals surface area contributed by atoms with Crippen LogP contribution in [0, 0.1) is 5.82 Å². The summed E-state index contributed by atoms with van der Waals surface area (Å²) in [5, 5.41) is 7.78. The van der Waals surface area contributed by atoms with Gasteiger partial charge in [0.15, 0.2) is 0 Å². The van der Waals surface area contributed by atoms with E-state index >= 15 is 0 Å². The molecule has 0 aliphatic heterocycles. The molecule has 0 atom stereocenters. The van der Waals surface area contributed by atoms with Crippen molar-refractivity contribution in [3.05, 3.63) is 34.9 Å². The van der Waals surface area contributed by atoms with Crippen LogP contribution in [0.4, 0.5) is 4.39 Å². The van der Waals surface area contributed by atoms with E-state index in [0.717, 1.165) is 6.42 Å². The quantitative estimate of drug-likeness (QED) is 0.911. The van der Waals surface area contributed by atoms with Crippen molar-refractivity contribution in [1.29, 1.82) is 0 Å². The van der Waals surface area contributed by atoms with Crippen LogP contribution < -0.4 is 5.73 Å². The van der Waals surface area contributed by atoms with E-state index < -0.39 is 5.82 Å². The fourth-order valence-electron chi connectivity index (χ4n) is 1.35. The lowest BCUT2D eigenvalue weighted by Crippen LogP contribution is -2.00. The summed E-state index contributed by atoms with van der Waals surface area (Å²) in [6.45, 7) is 0.570. The summed E-state index contributed by atoms with van der Waals surface area (Å²) in [5.74, 6) is 0.378. The first-order valence-corrected chi connectivity index (χ1v) is 5.56. The van der Waals surface area contributed by atoms with Gasteiger partial charge >= 0.3 is 0 Å². The zero-order chi connectivity index (χ0) is 12.3. The average molecular weight is 256 g/mol. The smallest absolute Gasteiger partial charge is 0.247 e. The molecular weight excluding hydrogens is 245 g/mol. The van der Waals surface area contributed by atoms with Crippen LogP contribution in [0.25, 0.3) is 11.5 Å². The molecule has 1 aromatic heterocycles. The van der Waals surface area contributed by atoms with Gasteiger partial charge in [0, 0.05) is 12.0 Å². The third-order valence-electron chi connectivity index (χ3n) is 2.23. The molecule has 0 bridgehead atoms. The number of aryl methyl sites for hydroxylation is 1. The molecule has 0 amide bonds. The summed E-state index contributed by atoms with van der Waals surface area (Å²) < 4.78 is 18.4. The first-order valence-electron chi connectivity index (χ1n) is 5.18. The Hall–Kier alpha value is -1.46. The molecule has 2 rings (SSSR count). The van der Waals surface area contributed by atoms with Crippen LogP contribution in [0.2, 0.25) is 5.02 Å². The van der Waals surface area contributed by atoms with Gasteiger partial charge in [-0.15, -0.1) is 10.2 Å². The number of hydrogen-bond acceptors (Lipinski definition) is 4. The molecule has 0 spiro atoms. The second kappa shape index (κ2) is 5.25. The van der Waals surface area contributed by atoms with Gasteiger partial charge in [-0.2, -0.15) is 0 Å². The summed E-state index contributed by atoms with van der Waals surface area (Å²) in [4.78, 5) is 0. The van der Waals surface area contributed by atoms with Gasteiger partial charge in [0.2, 0.25) is 11.8 Å². The molecule has 1 aromatic carbocycles. The molecule has 17 heavy (non-hydrogen) atoms. The van der Waals surface area contributed by atoms with Gasteiger partial charge in [-0.1, -0.05) is 11.6 Å². The Kier molecular flexibility index (Phi) is 3.71. The normalized spacial score (nSPS) is 10.8. The molecule has 4 nitrogen and oxygen atoms in total. The van der Waals surface area contributed by atoms with Gasteiger partial charge in [0.1, 0.15) is 5.82 Å². The Balaban J connectivity index is 2.21. The summed E-state index contributed by atoms with van der Waals surface area (Å²) >= 11 is 5.67. The maximum Gasteiger partial charge on any atom is 0.247 e. The number of rotatable bonds is 4. The molecule has 0 fully saturated rings. The molecule has 0 unspecified atom stereocenters. The van der Waals surface area contributed by atoms with E-state index in [4.69, 9.17) is 21.8 Å². The highest BCUT2D eigenvalue weighted by Gasteiger charge is 2.10. The maximum atomic E-state index is 13.0. The summed E-state index contributed by atoms with van der Waals surface area (Å²) in [5.41, 5.74) is 5.98. The molecular formula is C11H11ClFN3O. The highest BCUT2D eigenvalue weighted by Crippen LogP contribution is 2.23. The predicted octanol–water partition coefficient (Wildman–Crippen LogP) is 2.42. The van der Waals surface area contributed by atoms with E-state index in [2.05, 4.69) is 10.2 Å². The van der Waals surface area contributed by atoms with Gasteiger partial charge < -0.3 is 10.2 Å². The summed E-state index contributed by atoms with van der Waals surface area (Å²) in [6, 6.07) is 4.26. The van der Waals surface area contributed by atoms with Crippen molar-refractivity contribution in [3.63, 3.8) is 0 Å². The lowest BCUT2D eigenvalue weighted by molar-refractivity contribution is 0.499. The molecule has 0 saturated carbocycles. The Morgan fingerprint density at radius 1 is 1.35 bits per heavy atom. The molecule has 2 N–H and O–H groups in total. The minimum atomic E-state index is -0.474. The van der Waals surface area contributed by atoms with Gasteiger partial charge in [0.25, 0.3) is 0 Å². The van der Waals surface area contributed by atoms with Gasteiger partial charge in [-0.3, -0.25) is 0 Å². The highest BCUT2D eigenvalue weighted by molar-refractivity contribution is 6.31. The molecule has 90 valence electrons. The summed E-state index contributed by atoms with van der Waals surface area (Å²) in [6.07, 6.45) is 1.42. The number of halogens is 2. The van der Waals surface area contributed by atoms with Crippen molar-refractivity contribution in [3.8, 4) is 11.5 Å². The van der Waals surface area contributed by atoms with E-state index in [9.17, 15) is 4.39 Å². The zero-order valence-electron chi connectivity index (χ0n) is 8.99. The largest absolute Gasteiger partial charge is 0.421 e. The van der Waals surface area contributed by atoms with Crippen LogP contribution in [0.15, 0.2) is 22.6 Å². The first-order chi connectivity index (χ1) is 8.20. The van der Waals surface area contributed by atoms with E-state index in [1.807, 2.05) is 0 Å². The second-order valence-electron chi connectivity index (χ2n) is 3.52. The Bertz CT molecular complexity index is 515. The van der Waals surface area contributed by atoms with Gasteiger partial charge in [-0.05, 0) is 31.2 Å². The molecule has 0 radical (unpaired) electrons. The van der Waals surface area contributed by atoms with Crippen LogP contribution in [-0.4, -0.2) is 16.7 Å². The van der Waals surface area contributed by atoms with Crippen molar-refractivity contribution in [2.75, 3.05) is 6.54 Å². The van der Waals surface area contributed by atoms with Crippen LogP contribution in [0.5, 0.6) is 0 Å². The lowest BCUT2D eigenvalue weighted by Gasteiger charge is -1.97. The molecule has 1 heterocycles. The van der Waals surface area contributed by atoms with E-state index in [1.165, 1.54) is 12.1 Å². The fourth-order valence-corrected chi connectivity index (χ4v) is 1.53. The van der Waals surface area contributed by atoms with Crippen LogP contribution in [0.3, 0.4) is 0 Å². The number of nitrogens with two attached hydrogens (primary N) is 1. The monoisotopic (exact) mass is 255 g/mol. The van der Waals surface area contributed by atoms with Crippen molar-refractivity contribution in [1.82, 2.24) is 10.2 Å². The van der Waals surface area contributed by atoms with Crippen molar-refractivity contribution < 1.29 is 8.81 Å². The lowest BCUT2D eigenvalue weighted by atomic mass is 10.2. The Labute approximate surface area is 103 Å². The Morgan fingerprint density at radius 2 is 2.18 bits per heavy atom. The van der Waals surface area contributed by atoms with Crippen molar-refractivity contribution in [2.24, 2.45) is 5.73 Å². The maximum absolute atomic E-state index is 13.0. The minimum absolute atomic E-state index is 0.0317. The van der Waals surface area contributed by atoms with Crippen LogP contribution in [-0.2, 0) is 6.42 Å². The fraction of sp³-hybridized carbons (Fsp3) is 0.273. The predicted molar refractivity (Wildman–Crippen MR) is 62.1 cm³/mol. The third kappa shape index (κ3) is 2.81. The molecule has 2 aromatic rings. The first kappa shape index (κ1) is 12.0. The molecule has 0 aliphatic carbocycles. The van der Waals surface area contributed by atoms with E-state index in [0.29, 0.717) is 30.3 Å². The SMILES string of the molecule is NCCCc1nnc(-c2ccc(F)c(Cl)c2)o1. The standard InChI is InChI=1S/C11H11ClFN3O/c12-8-6-7(3-4-9(8)13)11-16-15-10(17-11)2-1-5-14/h3-4,6H,1-2,5,14H2. The van der Waals surface area contributed by atoms with Crippen molar-refractivity contribution >= 4 is 11.6 Å². The van der Waals surface area contributed by atoms with Gasteiger partial charge in [0.05, 0.1) is 5.02 Å². The molecule has 0 saturated heterocycles. The molecule has 6 heteroatoms. The second-order valence-corrected chi connectivity index (χ2v) is 3.93. The van der Waals surface area contributed by atoms with Crippen LogP contribution >= 0.6 is 11.6 Å². The van der Waals surface area contributed by atoms with E-state index in [1.54, 1.807) is 6.07 Å². The van der Waals surface area contributed by atoms with Crippen LogP contribution in [0.1, 0.15) is 12.3 Å². The topological polar surface area (TPSA) is 64.9 Å². The average Bonchev–Trinajstić information content (AvgIpc) is 2.79. The van der Waals surface area contributed by atoms with Gasteiger partial charge in [-0.25, -0.2) is 4.39 Å². The third-order valence-corrected chi connectivity index (χ3v) is 2.52. The zero-order valence-corrected chi connectivity index (χ0v) is 9.75. The summed E-state index contributed by atoms with van der Waals surface area (Å²) in [7, 11) is 0. The number of aromatic nitrogens is 2.